The average molecular weight is 307 g/mol. The number of hydrogen-bond acceptors (Lipinski definition) is 4. The summed E-state index contributed by atoms with van der Waals surface area (Å²) in [6.07, 6.45) is 3.35. The van der Waals surface area contributed by atoms with E-state index in [1.807, 2.05) is 6.92 Å². The Morgan fingerprint density at radius 2 is 2.10 bits per heavy atom. The van der Waals surface area contributed by atoms with Crippen molar-refractivity contribution in [3.63, 3.8) is 0 Å². The Balaban J connectivity index is 1.76. The maximum absolute atomic E-state index is 12.9. The van der Waals surface area contributed by atoms with Crippen molar-refractivity contribution in [2.45, 2.75) is 18.8 Å². The van der Waals surface area contributed by atoms with E-state index in [1.54, 1.807) is 29.2 Å². The number of aromatic nitrogens is 4. The molecule has 1 aromatic carbocycles. The SMILES string of the molecule is CC(Cl)c1cn(Cc2ncc(-c3ccc(F)cc3)o2)nn1. The van der Waals surface area contributed by atoms with Gasteiger partial charge in [0.2, 0.25) is 5.89 Å². The summed E-state index contributed by atoms with van der Waals surface area (Å²) >= 11 is 5.93. The molecule has 0 aliphatic rings. The largest absolute Gasteiger partial charge is 0.439 e. The molecule has 2 heterocycles. The fourth-order valence-electron chi connectivity index (χ4n) is 1.84. The maximum atomic E-state index is 12.9. The maximum Gasteiger partial charge on any atom is 0.216 e. The summed E-state index contributed by atoms with van der Waals surface area (Å²) in [6, 6.07) is 6.04. The third-order valence-electron chi connectivity index (χ3n) is 2.94. The van der Waals surface area contributed by atoms with Crippen LogP contribution in [0.2, 0.25) is 0 Å². The van der Waals surface area contributed by atoms with Gasteiger partial charge in [0.25, 0.3) is 0 Å². The molecule has 0 bridgehead atoms. The van der Waals surface area contributed by atoms with Gasteiger partial charge in [0.05, 0.1) is 17.8 Å². The Morgan fingerprint density at radius 1 is 1.33 bits per heavy atom. The minimum Gasteiger partial charge on any atom is -0.439 e. The summed E-state index contributed by atoms with van der Waals surface area (Å²) in [4.78, 5) is 4.18. The van der Waals surface area contributed by atoms with Crippen molar-refractivity contribution in [3.05, 3.63) is 54.1 Å². The Morgan fingerprint density at radius 3 is 2.76 bits per heavy atom. The molecule has 0 saturated carbocycles. The van der Waals surface area contributed by atoms with Crippen LogP contribution in [-0.4, -0.2) is 20.0 Å². The predicted molar refractivity (Wildman–Crippen MR) is 75.3 cm³/mol. The summed E-state index contributed by atoms with van der Waals surface area (Å²) in [6.45, 7) is 2.19. The van der Waals surface area contributed by atoms with Gasteiger partial charge in [-0.25, -0.2) is 14.1 Å². The number of benzene rings is 1. The van der Waals surface area contributed by atoms with Gasteiger partial charge in [-0.05, 0) is 31.2 Å². The number of rotatable bonds is 4. The highest BCUT2D eigenvalue weighted by atomic mass is 35.5. The van der Waals surface area contributed by atoms with Crippen LogP contribution < -0.4 is 0 Å². The van der Waals surface area contributed by atoms with Crippen LogP contribution in [0.15, 0.2) is 41.1 Å². The highest BCUT2D eigenvalue weighted by Gasteiger charge is 2.10. The molecule has 0 aliphatic heterocycles. The normalized spacial score (nSPS) is 12.5. The molecule has 0 amide bonds. The van der Waals surface area contributed by atoms with Gasteiger partial charge < -0.3 is 4.42 Å². The first-order valence-electron chi connectivity index (χ1n) is 6.36. The zero-order valence-corrected chi connectivity index (χ0v) is 12.0. The molecule has 0 aliphatic carbocycles. The molecular formula is C14H12ClFN4O. The second kappa shape index (κ2) is 5.65. The molecule has 0 fully saturated rings. The first-order chi connectivity index (χ1) is 10.1. The minimum atomic E-state index is -0.288. The Kier molecular flexibility index (Phi) is 3.70. The second-order valence-corrected chi connectivity index (χ2v) is 5.24. The van der Waals surface area contributed by atoms with Gasteiger partial charge in [0.15, 0.2) is 5.76 Å². The van der Waals surface area contributed by atoms with Gasteiger partial charge >= 0.3 is 0 Å². The van der Waals surface area contributed by atoms with Gasteiger partial charge in [-0.15, -0.1) is 16.7 Å². The molecule has 0 saturated heterocycles. The van der Waals surface area contributed by atoms with Crippen LogP contribution in [-0.2, 0) is 6.54 Å². The van der Waals surface area contributed by atoms with E-state index in [0.29, 0.717) is 23.9 Å². The Bertz CT molecular complexity index is 736. The van der Waals surface area contributed by atoms with E-state index >= 15 is 0 Å². The van der Waals surface area contributed by atoms with E-state index in [4.69, 9.17) is 16.0 Å². The third kappa shape index (κ3) is 3.11. The third-order valence-corrected chi connectivity index (χ3v) is 3.17. The van der Waals surface area contributed by atoms with E-state index in [9.17, 15) is 4.39 Å². The topological polar surface area (TPSA) is 56.7 Å². The van der Waals surface area contributed by atoms with Crippen LogP contribution in [0.3, 0.4) is 0 Å². The summed E-state index contributed by atoms with van der Waals surface area (Å²) in [5.74, 6) is 0.785. The van der Waals surface area contributed by atoms with E-state index in [-0.39, 0.29) is 11.2 Å². The number of nitrogens with zero attached hydrogens (tertiary/aromatic N) is 4. The van der Waals surface area contributed by atoms with Gasteiger partial charge in [0, 0.05) is 5.56 Å². The molecule has 3 aromatic rings. The molecule has 7 heteroatoms. The predicted octanol–water partition coefficient (Wildman–Crippen LogP) is 3.42. The fourth-order valence-corrected chi connectivity index (χ4v) is 1.94. The summed E-state index contributed by atoms with van der Waals surface area (Å²) in [7, 11) is 0. The highest BCUT2D eigenvalue weighted by molar-refractivity contribution is 6.20. The lowest BCUT2D eigenvalue weighted by molar-refractivity contribution is 0.469. The zero-order valence-electron chi connectivity index (χ0n) is 11.2. The molecule has 0 spiro atoms. The van der Waals surface area contributed by atoms with Crippen LogP contribution in [0.25, 0.3) is 11.3 Å². The first kappa shape index (κ1) is 13.8. The van der Waals surface area contributed by atoms with Crippen molar-refractivity contribution in [3.8, 4) is 11.3 Å². The quantitative estimate of drug-likeness (QED) is 0.693. The van der Waals surface area contributed by atoms with Crippen molar-refractivity contribution in [1.82, 2.24) is 20.0 Å². The Labute approximate surface area is 125 Å². The summed E-state index contributed by atoms with van der Waals surface area (Å²) in [5, 5.41) is 7.72. The summed E-state index contributed by atoms with van der Waals surface area (Å²) < 4.78 is 20.1. The van der Waals surface area contributed by atoms with Crippen molar-refractivity contribution in [1.29, 1.82) is 0 Å². The number of oxazole rings is 1. The summed E-state index contributed by atoms with van der Waals surface area (Å²) in [5.41, 5.74) is 1.46. The monoisotopic (exact) mass is 306 g/mol. The molecule has 3 rings (SSSR count). The standard InChI is InChI=1S/C14H12ClFN4O/c1-9(15)12-7-20(19-18-12)8-14-17-6-13(21-14)10-2-4-11(16)5-3-10/h2-7,9H,8H2,1H3. The van der Waals surface area contributed by atoms with E-state index in [1.165, 1.54) is 12.1 Å². The van der Waals surface area contributed by atoms with Crippen LogP contribution in [0.4, 0.5) is 4.39 Å². The van der Waals surface area contributed by atoms with Gasteiger partial charge in [-0.3, -0.25) is 0 Å². The molecule has 0 N–H and O–H groups in total. The zero-order chi connectivity index (χ0) is 14.8. The van der Waals surface area contributed by atoms with Gasteiger partial charge in [-0.1, -0.05) is 5.21 Å². The van der Waals surface area contributed by atoms with E-state index in [0.717, 1.165) is 5.56 Å². The van der Waals surface area contributed by atoms with Crippen LogP contribution in [0, 0.1) is 5.82 Å². The van der Waals surface area contributed by atoms with Gasteiger partial charge in [-0.2, -0.15) is 0 Å². The molecule has 1 unspecified atom stereocenters. The highest BCUT2D eigenvalue weighted by Crippen LogP contribution is 2.21. The van der Waals surface area contributed by atoms with Gasteiger partial charge in [0.1, 0.15) is 18.1 Å². The van der Waals surface area contributed by atoms with Crippen LogP contribution in [0.1, 0.15) is 23.9 Å². The van der Waals surface area contributed by atoms with Crippen molar-refractivity contribution >= 4 is 11.6 Å². The molecule has 1 atom stereocenters. The van der Waals surface area contributed by atoms with E-state index < -0.39 is 0 Å². The van der Waals surface area contributed by atoms with Crippen molar-refractivity contribution in [2.24, 2.45) is 0 Å². The lowest BCUT2D eigenvalue weighted by Crippen LogP contribution is -2.00. The number of hydrogen-bond donors (Lipinski definition) is 0. The molecule has 2 aromatic heterocycles. The van der Waals surface area contributed by atoms with Crippen LogP contribution in [0.5, 0.6) is 0 Å². The lowest BCUT2D eigenvalue weighted by atomic mass is 10.2. The number of halogens is 2. The average Bonchev–Trinajstić information content (AvgIpc) is 3.10. The lowest BCUT2D eigenvalue weighted by Gasteiger charge is -1.97. The van der Waals surface area contributed by atoms with Crippen molar-refractivity contribution in [2.75, 3.05) is 0 Å². The smallest absolute Gasteiger partial charge is 0.216 e. The minimum absolute atomic E-state index is 0.196. The molecule has 0 radical (unpaired) electrons. The molecule has 21 heavy (non-hydrogen) atoms. The molecule has 5 nitrogen and oxygen atoms in total. The Hall–Kier alpha value is -2.21. The van der Waals surface area contributed by atoms with Crippen molar-refractivity contribution < 1.29 is 8.81 Å². The second-order valence-electron chi connectivity index (χ2n) is 4.58. The molecule has 108 valence electrons. The molecular weight excluding hydrogens is 295 g/mol. The number of alkyl halides is 1. The first-order valence-corrected chi connectivity index (χ1v) is 6.80. The fraction of sp³-hybridized carbons (Fsp3) is 0.214. The van der Waals surface area contributed by atoms with Crippen LogP contribution >= 0.6 is 11.6 Å². The van der Waals surface area contributed by atoms with E-state index in [2.05, 4.69) is 15.3 Å².